The molecule has 0 aliphatic rings. The molecule has 1 unspecified atom stereocenters. The van der Waals surface area contributed by atoms with E-state index in [9.17, 15) is 18.0 Å². The van der Waals surface area contributed by atoms with Crippen LogP contribution in [0.5, 0.6) is 0 Å². The average molecular weight is 442 g/mol. The van der Waals surface area contributed by atoms with Crippen molar-refractivity contribution in [3.05, 3.63) is 83.2 Å². The lowest BCUT2D eigenvalue weighted by Gasteiger charge is -2.08. The first-order chi connectivity index (χ1) is 13.7. The van der Waals surface area contributed by atoms with Gasteiger partial charge in [-0.05, 0) is 43.7 Å². The Bertz CT molecular complexity index is 863. The Morgan fingerprint density at radius 3 is 2.38 bits per heavy atom. The van der Waals surface area contributed by atoms with Gasteiger partial charge in [0.1, 0.15) is 0 Å². The van der Waals surface area contributed by atoms with Gasteiger partial charge in [0.2, 0.25) is 0 Å². The van der Waals surface area contributed by atoms with E-state index < -0.39 is 23.4 Å². The van der Waals surface area contributed by atoms with Crippen LogP contribution >= 0.6 is 23.4 Å². The van der Waals surface area contributed by atoms with Gasteiger partial charge in [-0.3, -0.25) is 4.79 Å². The Morgan fingerprint density at radius 1 is 1.24 bits per heavy atom. The summed E-state index contributed by atoms with van der Waals surface area (Å²) in [5, 5.41) is 2.80. The zero-order valence-electron chi connectivity index (χ0n) is 16.4. The summed E-state index contributed by atoms with van der Waals surface area (Å²) in [6.07, 6.45) is 9.10. The molecule has 1 amide bonds. The Morgan fingerprint density at radius 2 is 1.86 bits per heavy atom. The number of nitrogens with one attached hydrogen (secondary N) is 1. The second-order valence-corrected chi connectivity index (χ2v) is 7.34. The average Bonchev–Trinajstić information content (AvgIpc) is 2.67. The van der Waals surface area contributed by atoms with Gasteiger partial charge in [-0.2, -0.15) is 0 Å². The van der Waals surface area contributed by atoms with Crippen LogP contribution in [0.4, 0.5) is 18.9 Å². The van der Waals surface area contributed by atoms with Crippen LogP contribution in [-0.4, -0.2) is 12.2 Å². The number of carbonyl (C=O) groups is 1. The Labute approximate surface area is 178 Å². The first kappa shape index (κ1) is 24.9. The third kappa shape index (κ3) is 7.99. The molecule has 0 spiro atoms. The molecule has 1 atom stereocenters. The van der Waals surface area contributed by atoms with E-state index in [1.807, 2.05) is 13.0 Å². The number of thioether (sulfide) groups is 1. The molecule has 1 N–H and O–H groups in total. The first-order valence-electron chi connectivity index (χ1n) is 8.76. The number of benzene rings is 2. The largest absolute Gasteiger partial charge is 0.322 e. The molecule has 2 aromatic carbocycles. The fourth-order valence-corrected chi connectivity index (χ4v) is 3.16. The van der Waals surface area contributed by atoms with Gasteiger partial charge >= 0.3 is 0 Å². The third-order valence-corrected chi connectivity index (χ3v) is 4.93. The van der Waals surface area contributed by atoms with Crippen molar-refractivity contribution in [1.29, 1.82) is 0 Å². The van der Waals surface area contributed by atoms with E-state index in [1.165, 1.54) is 17.8 Å². The predicted molar refractivity (Wildman–Crippen MR) is 116 cm³/mol. The van der Waals surface area contributed by atoms with Crippen molar-refractivity contribution >= 4 is 35.0 Å². The Balaban J connectivity index is 0.000000447. The van der Waals surface area contributed by atoms with Gasteiger partial charge in [-0.1, -0.05) is 36.8 Å². The molecule has 7 heteroatoms. The maximum atomic E-state index is 13.1. The van der Waals surface area contributed by atoms with Crippen molar-refractivity contribution in [1.82, 2.24) is 0 Å². The zero-order valence-corrected chi connectivity index (χ0v) is 18.0. The minimum atomic E-state index is -1.58. The molecule has 2 aromatic rings. The molecule has 29 heavy (non-hydrogen) atoms. The molecule has 0 aliphatic carbocycles. The van der Waals surface area contributed by atoms with Crippen molar-refractivity contribution in [3.63, 3.8) is 0 Å². The van der Waals surface area contributed by atoms with Gasteiger partial charge in [-0.15, -0.1) is 18.3 Å². The van der Waals surface area contributed by atoms with Crippen LogP contribution in [0.2, 0.25) is 5.02 Å². The number of rotatable bonds is 6. The summed E-state index contributed by atoms with van der Waals surface area (Å²) >= 11 is 7.29. The van der Waals surface area contributed by atoms with E-state index in [0.29, 0.717) is 28.0 Å². The van der Waals surface area contributed by atoms with Gasteiger partial charge in [0.25, 0.3) is 5.91 Å². The lowest BCUT2D eigenvalue weighted by molar-refractivity contribution is 0.102. The molecule has 0 aliphatic heterocycles. The highest BCUT2D eigenvalue weighted by molar-refractivity contribution is 7.98. The molecular weight excluding hydrogens is 419 g/mol. The number of carbonyl (C=O) groups excluding carboxylic acids is 1. The second-order valence-electron chi connectivity index (χ2n) is 6.08. The Kier molecular flexibility index (Phi) is 10.6. The van der Waals surface area contributed by atoms with Crippen LogP contribution in [0.25, 0.3) is 0 Å². The van der Waals surface area contributed by atoms with Crippen LogP contribution in [0.15, 0.2) is 60.0 Å². The van der Waals surface area contributed by atoms with Gasteiger partial charge in [0.05, 0.1) is 5.02 Å². The van der Waals surface area contributed by atoms with Gasteiger partial charge in [0.15, 0.2) is 17.5 Å². The summed E-state index contributed by atoms with van der Waals surface area (Å²) in [4.78, 5) is 12.7. The van der Waals surface area contributed by atoms with Crippen molar-refractivity contribution in [2.75, 3.05) is 11.6 Å². The summed E-state index contributed by atoms with van der Waals surface area (Å²) in [6.45, 7) is 7.87. The monoisotopic (exact) mass is 441 g/mol. The van der Waals surface area contributed by atoms with Crippen molar-refractivity contribution in [2.24, 2.45) is 5.92 Å². The van der Waals surface area contributed by atoms with Crippen molar-refractivity contribution in [2.45, 2.75) is 25.2 Å². The van der Waals surface area contributed by atoms with Crippen LogP contribution in [0.1, 0.15) is 30.6 Å². The minimum absolute atomic E-state index is 0.169. The molecule has 0 radical (unpaired) electrons. The Hall–Kier alpha value is -2.18. The number of hydrogen-bond donors (Lipinski definition) is 1. The van der Waals surface area contributed by atoms with Crippen LogP contribution in [0.3, 0.4) is 0 Å². The fraction of sp³-hybridized carbons (Fsp3) is 0.227. The SMILES string of the molecule is C=CCC(C)/C=C/C.CSc1cc(C(=O)Nc2cc(F)c(F)c(F)c2)ccc1Cl. The maximum absolute atomic E-state index is 13.1. The first-order valence-corrected chi connectivity index (χ1v) is 10.4. The highest BCUT2D eigenvalue weighted by Gasteiger charge is 2.14. The normalized spacial score (nSPS) is 11.6. The second kappa shape index (κ2) is 12.4. The summed E-state index contributed by atoms with van der Waals surface area (Å²) in [5.41, 5.74) is 0.103. The lowest BCUT2D eigenvalue weighted by atomic mass is 10.1. The van der Waals surface area contributed by atoms with E-state index in [-0.39, 0.29) is 11.3 Å². The molecule has 0 aromatic heterocycles. The minimum Gasteiger partial charge on any atom is -0.322 e. The molecule has 0 saturated heterocycles. The van der Waals surface area contributed by atoms with Crippen LogP contribution in [0, 0.1) is 23.4 Å². The molecule has 0 bridgehead atoms. The summed E-state index contributed by atoms with van der Waals surface area (Å²) in [7, 11) is 0. The smallest absolute Gasteiger partial charge is 0.255 e. The quantitative estimate of drug-likeness (QED) is 0.285. The molecule has 2 nitrogen and oxygen atoms in total. The number of allylic oxidation sites excluding steroid dienone is 3. The zero-order chi connectivity index (χ0) is 22.0. The highest BCUT2D eigenvalue weighted by Crippen LogP contribution is 2.26. The molecule has 0 heterocycles. The van der Waals surface area contributed by atoms with E-state index in [2.05, 4.69) is 31.0 Å². The third-order valence-electron chi connectivity index (χ3n) is 3.71. The molecule has 0 fully saturated rings. The number of anilines is 1. The number of halogens is 4. The number of hydrogen-bond acceptors (Lipinski definition) is 2. The van der Waals surface area contributed by atoms with Crippen molar-refractivity contribution < 1.29 is 18.0 Å². The van der Waals surface area contributed by atoms with E-state index in [0.717, 1.165) is 6.42 Å². The van der Waals surface area contributed by atoms with E-state index in [4.69, 9.17) is 11.6 Å². The predicted octanol–water partition coefficient (Wildman–Crippen LogP) is 7.51. The molecule has 0 saturated carbocycles. The molecular formula is C22H23ClF3NOS. The van der Waals surface area contributed by atoms with Crippen LogP contribution < -0.4 is 5.32 Å². The summed E-state index contributed by atoms with van der Waals surface area (Å²) in [6, 6.07) is 6.00. The van der Waals surface area contributed by atoms with Gasteiger partial charge < -0.3 is 5.32 Å². The summed E-state index contributed by atoms with van der Waals surface area (Å²) < 4.78 is 39.0. The van der Waals surface area contributed by atoms with Gasteiger partial charge in [-0.25, -0.2) is 13.2 Å². The topological polar surface area (TPSA) is 29.1 Å². The summed E-state index contributed by atoms with van der Waals surface area (Å²) in [5.74, 6) is -4.23. The van der Waals surface area contributed by atoms with E-state index >= 15 is 0 Å². The highest BCUT2D eigenvalue weighted by atomic mass is 35.5. The fourth-order valence-electron chi connectivity index (χ4n) is 2.30. The standard InChI is InChI=1S/C14H9ClF3NOS.C8H14/c1-21-12-4-7(2-3-9(12)15)14(20)19-8-5-10(16)13(18)11(17)6-8;1-4-6-8(3)7-5-2/h2-6H,1H3,(H,19,20);4-5,7-8H,1,6H2,2-3H3/b;7-5+. The van der Waals surface area contributed by atoms with E-state index in [1.54, 1.807) is 18.4 Å². The van der Waals surface area contributed by atoms with Gasteiger partial charge in [0, 0.05) is 28.3 Å². The number of amides is 1. The van der Waals surface area contributed by atoms with Crippen molar-refractivity contribution in [3.8, 4) is 0 Å². The lowest BCUT2D eigenvalue weighted by Crippen LogP contribution is -2.12. The maximum Gasteiger partial charge on any atom is 0.255 e. The van der Waals surface area contributed by atoms with Crippen LogP contribution in [-0.2, 0) is 0 Å². The molecule has 2 rings (SSSR count). The molecule has 156 valence electrons.